The van der Waals surface area contributed by atoms with Crippen molar-refractivity contribution in [2.45, 2.75) is 0 Å². The van der Waals surface area contributed by atoms with Gasteiger partial charge in [0.25, 0.3) is 5.69 Å². The van der Waals surface area contributed by atoms with Crippen LogP contribution in [0.1, 0.15) is 0 Å². The number of methoxy groups -OCH3 is 1. The number of ether oxygens (including phenoxy) is 1. The fraction of sp³-hybridized carbons (Fsp3) is 0.0361. The first-order valence-electron chi connectivity index (χ1n) is 30.4. The Balaban J connectivity index is 0.000000167. The molecule has 0 saturated carbocycles. The second-order valence-electron chi connectivity index (χ2n) is 22.3. The van der Waals surface area contributed by atoms with E-state index >= 15 is 0 Å². The number of nitro groups is 1. The van der Waals surface area contributed by atoms with Gasteiger partial charge in [0, 0.05) is 89.2 Å². The SMILES string of the molecule is CN(c1ccc(-c2ccc(N(c3cccc(-c4ccccc4)c3)c3ccc4ccccc4c3)cc2)cc1)c1ccc([N+](=O)[O-])cc1.COc1cccc(N(C)c2ccc(-c3ccc(N(c4cccc(-c5ccccc5)c4)c4ccc5ccccc5c4)cc3)cc2)c1. The zero-order valence-corrected chi connectivity index (χ0v) is 50.8. The van der Waals surface area contributed by atoms with Crippen molar-refractivity contribution in [2.75, 3.05) is 40.8 Å². The van der Waals surface area contributed by atoms with E-state index in [1.807, 2.05) is 36.2 Å². The van der Waals surface area contributed by atoms with Crippen molar-refractivity contribution >= 4 is 84.1 Å². The number of hydrogen-bond donors (Lipinski definition) is 0. The molecule has 14 aromatic rings. The summed E-state index contributed by atoms with van der Waals surface area (Å²) in [6.45, 7) is 0. The molecule has 0 aromatic heterocycles. The van der Waals surface area contributed by atoms with Crippen LogP contribution in [0.25, 0.3) is 66.1 Å². The van der Waals surface area contributed by atoms with E-state index in [0.717, 1.165) is 73.8 Å². The van der Waals surface area contributed by atoms with E-state index in [-0.39, 0.29) is 10.6 Å². The number of hydrogen-bond acceptors (Lipinski definition) is 7. The topological polar surface area (TPSA) is 65.3 Å². The Morgan fingerprint density at radius 1 is 0.264 bits per heavy atom. The summed E-state index contributed by atoms with van der Waals surface area (Å²) < 4.78 is 5.42. The van der Waals surface area contributed by atoms with Gasteiger partial charge in [-0.2, -0.15) is 0 Å². The molecule has 14 aromatic carbocycles. The van der Waals surface area contributed by atoms with Gasteiger partial charge in [0.2, 0.25) is 0 Å². The first kappa shape index (κ1) is 58.0. The lowest BCUT2D eigenvalue weighted by molar-refractivity contribution is -0.384. The summed E-state index contributed by atoms with van der Waals surface area (Å²) >= 11 is 0. The van der Waals surface area contributed by atoms with Crippen molar-refractivity contribution in [1.82, 2.24) is 0 Å². The predicted octanol–water partition coefficient (Wildman–Crippen LogP) is 22.7. The van der Waals surface area contributed by atoms with E-state index in [2.05, 4.69) is 313 Å². The van der Waals surface area contributed by atoms with E-state index in [0.29, 0.717) is 0 Å². The van der Waals surface area contributed by atoms with Crippen molar-refractivity contribution < 1.29 is 9.66 Å². The molecule has 0 atom stereocenters. The number of nitrogens with zero attached hydrogens (tertiary/aromatic N) is 5. The maximum absolute atomic E-state index is 11.0. The van der Waals surface area contributed by atoms with Crippen LogP contribution in [-0.4, -0.2) is 26.1 Å². The molecule has 0 fully saturated rings. The summed E-state index contributed by atoms with van der Waals surface area (Å²) in [6, 6.07) is 118. The van der Waals surface area contributed by atoms with Crippen LogP contribution in [0.3, 0.4) is 0 Å². The van der Waals surface area contributed by atoms with Crippen molar-refractivity contribution in [3.8, 4) is 50.3 Å². The number of benzene rings is 14. The van der Waals surface area contributed by atoms with Gasteiger partial charge in [-0.3, -0.25) is 10.1 Å². The number of anilines is 10. The van der Waals surface area contributed by atoms with Gasteiger partial charge < -0.3 is 24.3 Å². The minimum atomic E-state index is -0.382. The van der Waals surface area contributed by atoms with Gasteiger partial charge in [0.05, 0.1) is 12.0 Å². The lowest BCUT2D eigenvalue weighted by Crippen LogP contribution is -2.10. The van der Waals surface area contributed by atoms with E-state index in [9.17, 15) is 10.1 Å². The standard InChI is InChI=1S/C42H34N2O.C41H31N3O2/c1-43(39-15-9-17-42(30-39)45-2)37-23-18-33(19-24-37)34-20-25-38(26-21-34)44(41-27-22-32-12-6-7-13-35(32)29-41)40-16-8-14-36(28-40)31-10-4-3-5-11-31;1-42(37-24-26-39(27-25-37)44(45)46)36-19-14-32(15-20-36)33-16-21-38(22-17-33)43(41-23-18-31-10-5-6-11-34(31)29-41)40-13-7-12-35(28-40)30-8-3-2-4-9-30/h3-30H,1-2H3;2-29H,1H3. The molecule has 0 aliphatic rings. The lowest BCUT2D eigenvalue weighted by atomic mass is 10.0. The van der Waals surface area contributed by atoms with Crippen LogP contribution >= 0.6 is 0 Å². The third-order valence-electron chi connectivity index (χ3n) is 16.7. The average Bonchev–Trinajstić information content (AvgIpc) is 2.29. The molecule has 0 unspecified atom stereocenters. The van der Waals surface area contributed by atoms with Crippen LogP contribution in [-0.2, 0) is 0 Å². The fourth-order valence-electron chi connectivity index (χ4n) is 11.7. The molecule has 0 heterocycles. The van der Waals surface area contributed by atoms with Gasteiger partial charge in [0.15, 0.2) is 0 Å². The van der Waals surface area contributed by atoms with Crippen molar-refractivity contribution in [1.29, 1.82) is 0 Å². The first-order valence-corrected chi connectivity index (χ1v) is 30.4. The van der Waals surface area contributed by atoms with Gasteiger partial charge in [-0.05, 0) is 187 Å². The average molecular weight is 1180 g/mol. The van der Waals surface area contributed by atoms with Crippen molar-refractivity contribution in [3.63, 3.8) is 0 Å². The van der Waals surface area contributed by atoms with E-state index in [1.54, 1.807) is 19.2 Å². The largest absolute Gasteiger partial charge is 0.497 e. The molecular weight excluding hydrogens is 1110 g/mol. The third-order valence-corrected chi connectivity index (χ3v) is 16.7. The number of fused-ring (bicyclic) bond motifs is 2. The Morgan fingerprint density at radius 2 is 0.571 bits per heavy atom. The van der Waals surface area contributed by atoms with Gasteiger partial charge >= 0.3 is 0 Å². The summed E-state index contributed by atoms with van der Waals surface area (Å²) in [4.78, 5) is 19.5. The molecule has 0 spiro atoms. The Bertz CT molecular complexity index is 4790. The molecule has 8 nitrogen and oxygen atoms in total. The molecule has 0 amide bonds. The number of nitro benzene ring substituents is 1. The molecule has 0 aliphatic heterocycles. The zero-order chi connectivity index (χ0) is 62.0. The second-order valence-corrected chi connectivity index (χ2v) is 22.3. The van der Waals surface area contributed by atoms with Gasteiger partial charge in [-0.1, -0.05) is 200 Å². The van der Waals surface area contributed by atoms with E-state index in [1.165, 1.54) is 67.1 Å². The molecular formula is C83H65N5O3. The number of non-ortho nitro benzene ring substituents is 1. The summed E-state index contributed by atoms with van der Waals surface area (Å²) in [6.07, 6.45) is 0. The molecule has 14 rings (SSSR count). The molecule has 8 heteroatoms. The molecule has 440 valence electrons. The predicted molar refractivity (Wildman–Crippen MR) is 381 cm³/mol. The molecule has 0 bridgehead atoms. The highest BCUT2D eigenvalue weighted by Gasteiger charge is 2.18. The maximum atomic E-state index is 11.0. The van der Waals surface area contributed by atoms with Gasteiger partial charge in [0.1, 0.15) is 5.75 Å². The highest BCUT2D eigenvalue weighted by atomic mass is 16.6. The smallest absolute Gasteiger partial charge is 0.269 e. The zero-order valence-electron chi connectivity index (χ0n) is 50.8. The minimum absolute atomic E-state index is 0.0824. The monoisotopic (exact) mass is 1180 g/mol. The quantitative estimate of drug-likeness (QED) is 0.0705. The summed E-state index contributed by atoms with van der Waals surface area (Å²) in [7, 11) is 5.73. The Kier molecular flexibility index (Phi) is 16.9. The van der Waals surface area contributed by atoms with Crippen LogP contribution in [0.5, 0.6) is 5.75 Å². The van der Waals surface area contributed by atoms with Crippen molar-refractivity contribution in [3.05, 3.63) is 350 Å². The summed E-state index contributed by atoms with van der Waals surface area (Å²) in [5, 5.41) is 15.9. The molecule has 0 saturated heterocycles. The summed E-state index contributed by atoms with van der Waals surface area (Å²) in [5.41, 5.74) is 20.1. The van der Waals surface area contributed by atoms with Crippen LogP contribution in [0.4, 0.5) is 62.6 Å². The van der Waals surface area contributed by atoms with E-state index < -0.39 is 0 Å². The summed E-state index contributed by atoms with van der Waals surface area (Å²) in [5.74, 6) is 0.848. The van der Waals surface area contributed by atoms with Crippen LogP contribution in [0.2, 0.25) is 0 Å². The Labute approximate surface area is 531 Å². The Morgan fingerprint density at radius 3 is 0.978 bits per heavy atom. The normalized spacial score (nSPS) is 10.9. The molecule has 91 heavy (non-hydrogen) atoms. The van der Waals surface area contributed by atoms with Crippen LogP contribution in [0, 0.1) is 10.1 Å². The lowest BCUT2D eigenvalue weighted by Gasteiger charge is -2.26. The fourth-order valence-corrected chi connectivity index (χ4v) is 11.7. The molecule has 0 N–H and O–H groups in total. The van der Waals surface area contributed by atoms with E-state index in [4.69, 9.17) is 4.74 Å². The first-order chi connectivity index (χ1) is 44.7. The second kappa shape index (κ2) is 26.5. The van der Waals surface area contributed by atoms with Gasteiger partial charge in [-0.15, -0.1) is 0 Å². The van der Waals surface area contributed by atoms with Gasteiger partial charge in [-0.25, -0.2) is 0 Å². The molecule has 0 radical (unpaired) electrons. The van der Waals surface area contributed by atoms with Crippen molar-refractivity contribution in [2.24, 2.45) is 0 Å². The highest BCUT2D eigenvalue weighted by molar-refractivity contribution is 5.92. The van der Waals surface area contributed by atoms with Crippen LogP contribution in [0.15, 0.2) is 340 Å². The third kappa shape index (κ3) is 13.0. The maximum Gasteiger partial charge on any atom is 0.269 e. The number of rotatable bonds is 16. The highest BCUT2D eigenvalue weighted by Crippen LogP contribution is 2.42. The Hall–Kier alpha value is -12.0. The minimum Gasteiger partial charge on any atom is -0.497 e. The molecule has 0 aliphatic carbocycles. The van der Waals surface area contributed by atoms with Crippen LogP contribution < -0.4 is 24.3 Å².